The van der Waals surface area contributed by atoms with Crippen LogP contribution in [0, 0.1) is 13.8 Å². The van der Waals surface area contributed by atoms with Crippen LogP contribution < -0.4 is 10.9 Å². The van der Waals surface area contributed by atoms with Crippen molar-refractivity contribution in [2.24, 2.45) is 7.05 Å². The SMILES string of the molecule is Cc1cc2c(cn1)cc(-c1cc(Nc3noc([C@H]4C[C@@](C)(O)C4)n3)ccc1C)c(=O)n2C. The summed E-state index contributed by atoms with van der Waals surface area (Å²) in [5, 5.41) is 18.0. The Morgan fingerprint density at radius 1 is 1.19 bits per heavy atom. The van der Waals surface area contributed by atoms with E-state index >= 15 is 0 Å². The smallest absolute Gasteiger partial charge is 0.267 e. The van der Waals surface area contributed by atoms with Crippen molar-refractivity contribution in [1.29, 1.82) is 0 Å². The van der Waals surface area contributed by atoms with Crippen molar-refractivity contribution in [2.75, 3.05) is 5.32 Å². The van der Waals surface area contributed by atoms with Crippen molar-refractivity contribution in [2.45, 2.75) is 45.1 Å². The third kappa shape index (κ3) is 3.56. The molecule has 1 aliphatic rings. The van der Waals surface area contributed by atoms with Crippen molar-refractivity contribution in [1.82, 2.24) is 19.7 Å². The van der Waals surface area contributed by atoms with Gasteiger partial charge in [-0.15, -0.1) is 0 Å². The van der Waals surface area contributed by atoms with Crippen LogP contribution in [0.15, 0.2) is 45.8 Å². The average molecular weight is 431 g/mol. The summed E-state index contributed by atoms with van der Waals surface area (Å²) in [6, 6.07) is 9.60. The number of benzene rings is 1. The molecule has 164 valence electrons. The van der Waals surface area contributed by atoms with Gasteiger partial charge in [0.05, 0.1) is 11.1 Å². The van der Waals surface area contributed by atoms with Crippen LogP contribution in [0.4, 0.5) is 11.6 Å². The van der Waals surface area contributed by atoms with Crippen LogP contribution >= 0.6 is 0 Å². The fourth-order valence-electron chi connectivity index (χ4n) is 4.41. The van der Waals surface area contributed by atoms with Crippen LogP contribution in [0.5, 0.6) is 0 Å². The van der Waals surface area contributed by atoms with Gasteiger partial charge in [0.25, 0.3) is 11.5 Å². The second kappa shape index (κ2) is 7.27. The number of hydrogen-bond donors (Lipinski definition) is 2. The Labute approximate surface area is 184 Å². The minimum atomic E-state index is -0.654. The number of aromatic nitrogens is 4. The Morgan fingerprint density at radius 3 is 2.72 bits per heavy atom. The molecular formula is C24H25N5O3. The van der Waals surface area contributed by atoms with Gasteiger partial charge in [0.15, 0.2) is 0 Å². The number of aryl methyl sites for hydroxylation is 3. The van der Waals surface area contributed by atoms with Gasteiger partial charge in [-0.05, 0) is 74.2 Å². The highest BCUT2D eigenvalue weighted by atomic mass is 16.5. The fraction of sp³-hybridized carbons (Fsp3) is 0.333. The van der Waals surface area contributed by atoms with Crippen molar-refractivity contribution in [3.05, 3.63) is 64.0 Å². The lowest BCUT2D eigenvalue weighted by molar-refractivity contribution is -0.0386. The van der Waals surface area contributed by atoms with E-state index in [1.807, 2.05) is 44.2 Å². The maximum absolute atomic E-state index is 13.1. The largest absolute Gasteiger partial charge is 0.390 e. The molecule has 1 saturated carbocycles. The molecule has 32 heavy (non-hydrogen) atoms. The highest BCUT2D eigenvalue weighted by Crippen LogP contribution is 2.43. The first-order chi connectivity index (χ1) is 15.2. The standard InChI is InChI=1S/C24H25N5O3/c1-13-5-6-17(26-23-27-21(32-28-23)16-10-24(3,31)11-16)9-18(13)19-8-15-12-25-14(2)7-20(15)29(4)22(19)30/h5-9,12,16,31H,10-11H2,1-4H3,(H,26,28)/t16-,24+. The molecule has 5 rings (SSSR count). The molecule has 1 aromatic carbocycles. The van der Waals surface area contributed by atoms with E-state index in [1.54, 1.807) is 24.7 Å². The van der Waals surface area contributed by atoms with Crippen LogP contribution in [0.2, 0.25) is 0 Å². The number of fused-ring (bicyclic) bond motifs is 1. The summed E-state index contributed by atoms with van der Waals surface area (Å²) in [7, 11) is 1.78. The zero-order chi connectivity index (χ0) is 22.6. The van der Waals surface area contributed by atoms with E-state index < -0.39 is 5.60 Å². The van der Waals surface area contributed by atoms with E-state index in [0.29, 0.717) is 30.2 Å². The molecule has 8 nitrogen and oxygen atoms in total. The predicted octanol–water partition coefficient (Wildman–Crippen LogP) is 3.97. The lowest BCUT2D eigenvalue weighted by Gasteiger charge is -2.38. The lowest BCUT2D eigenvalue weighted by atomic mass is 9.72. The second-order valence-corrected chi connectivity index (χ2v) is 9.02. The summed E-state index contributed by atoms with van der Waals surface area (Å²) in [5.74, 6) is 0.962. The fourth-order valence-corrected chi connectivity index (χ4v) is 4.41. The Kier molecular flexibility index (Phi) is 4.63. The summed E-state index contributed by atoms with van der Waals surface area (Å²) in [6.07, 6.45) is 3.02. The van der Waals surface area contributed by atoms with E-state index in [0.717, 1.165) is 33.4 Å². The molecular weight excluding hydrogens is 406 g/mol. The molecule has 1 fully saturated rings. The number of rotatable bonds is 4. The van der Waals surface area contributed by atoms with Gasteiger partial charge in [-0.3, -0.25) is 9.78 Å². The molecule has 0 atom stereocenters. The molecule has 0 aliphatic heterocycles. The topological polar surface area (TPSA) is 106 Å². The average Bonchev–Trinajstić information content (AvgIpc) is 3.19. The van der Waals surface area contributed by atoms with Crippen molar-refractivity contribution in [3.8, 4) is 11.1 Å². The van der Waals surface area contributed by atoms with Gasteiger partial charge in [-0.2, -0.15) is 4.98 Å². The molecule has 3 heterocycles. The van der Waals surface area contributed by atoms with Gasteiger partial charge in [-0.1, -0.05) is 6.07 Å². The van der Waals surface area contributed by atoms with Crippen LogP contribution in [0.1, 0.15) is 42.8 Å². The molecule has 0 amide bonds. The van der Waals surface area contributed by atoms with Crippen LogP contribution in [-0.4, -0.2) is 30.4 Å². The summed E-state index contributed by atoms with van der Waals surface area (Å²) >= 11 is 0. The summed E-state index contributed by atoms with van der Waals surface area (Å²) in [4.78, 5) is 21.9. The Balaban J connectivity index is 1.48. The van der Waals surface area contributed by atoms with Gasteiger partial charge in [0, 0.05) is 41.5 Å². The van der Waals surface area contributed by atoms with E-state index in [1.165, 1.54) is 0 Å². The van der Waals surface area contributed by atoms with Crippen LogP contribution in [0.3, 0.4) is 0 Å². The third-order valence-corrected chi connectivity index (χ3v) is 6.19. The number of aliphatic hydroxyl groups is 1. The summed E-state index contributed by atoms with van der Waals surface area (Å²) in [6.45, 7) is 5.69. The molecule has 4 aromatic rings. The maximum atomic E-state index is 13.1. The molecule has 0 radical (unpaired) electrons. The Morgan fingerprint density at radius 2 is 1.97 bits per heavy atom. The molecule has 8 heteroatoms. The molecule has 2 N–H and O–H groups in total. The summed E-state index contributed by atoms with van der Waals surface area (Å²) in [5.41, 5.74) is 4.18. The number of anilines is 2. The zero-order valence-corrected chi connectivity index (χ0v) is 18.5. The van der Waals surface area contributed by atoms with E-state index in [-0.39, 0.29) is 11.5 Å². The molecule has 0 unspecified atom stereocenters. The minimum absolute atomic E-state index is 0.0674. The first-order valence-corrected chi connectivity index (χ1v) is 10.6. The number of hydrogen-bond acceptors (Lipinski definition) is 7. The van der Waals surface area contributed by atoms with E-state index in [4.69, 9.17) is 4.52 Å². The van der Waals surface area contributed by atoms with Gasteiger partial charge in [0.2, 0.25) is 5.89 Å². The predicted molar refractivity (Wildman–Crippen MR) is 122 cm³/mol. The van der Waals surface area contributed by atoms with Crippen molar-refractivity contribution in [3.63, 3.8) is 0 Å². The van der Waals surface area contributed by atoms with E-state index in [9.17, 15) is 9.90 Å². The third-order valence-electron chi connectivity index (χ3n) is 6.19. The van der Waals surface area contributed by atoms with Crippen LogP contribution in [0.25, 0.3) is 22.0 Å². The lowest BCUT2D eigenvalue weighted by Crippen LogP contribution is -2.39. The number of nitrogens with zero attached hydrogens (tertiary/aromatic N) is 4. The first kappa shape index (κ1) is 20.4. The van der Waals surface area contributed by atoms with Crippen molar-refractivity contribution >= 4 is 22.5 Å². The normalized spacial score (nSPS) is 20.3. The number of nitrogens with one attached hydrogen (secondary N) is 1. The van der Waals surface area contributed by atoms with Gasteiger partial charge < -0.3 is 19.5 Å². The molecule has 3 aromatic heterocycles. The zero-order valence-electron chi connectivity index (χ0n) is 18.5. The van der Waals surface area contributed by atoms with Crippen molar-refractivity contribution < 1.29 is 9.63 Å². The van der Waals surface area contributed by atoms with Gasteiger partial charge in [0.1, 0.15) is 0 Å². The molecule has 0 spiro atoms. The Hall–Kier alpha value is -3.52. The molecule has 0 bridgehead atoms. The quantitative estimate of drug-likeness (QED) is 0.503. The monoisotopic (exact) mass is 431 g/mol. The maximum Gasteiger partial charge on any atom is 0.267 e. The first-order valence-electron chi connectivity index (χ1n) is 10.6. The van der Waals surface area contributed by atoms with Gasteiger partial charge >= 0.3 is 0 Å². The highest BCUT2D eigenvalue weighted by molar-refractivity contribution is 5.85. The van der Waals surface area contributed by atoms with Gasteiger partial charge in [-0.25, -0.2) is 0 Å². The van der Waals surface area contributed by atoms with Crippen LogP contribution in [-0.2, 0) is 7.05 Å². The molecule has 0 saturated heterocycles. The summed E-state index contributed by atoms with van der Waals surface area (Å²) < 4.78 is 7.03. The number of pyridine rings is 2. The minimum Gasteiger partial charge on any atom is -0.390 e. The molecule has 1 aliphatic carbocycles. The van der Waals surface area contributed by atoms with E-state index in [2.05, 4.69) is 20.4 Å². The Bertz CT molecular complexity index is 1390. The second-order valence-electron chi connectivity index (χ2n) is 9.02. The highest BCUT2D eigenvalue weighted by Gasteiger charge is 2.42.